The molecule has 0 fully saturated rings. The Bertz CT molecular complexity index is 897. The van der Waals surface area contributed by atoms with Gasteiger partial charge in [0.25, 0.3) is 5.91 Å². The van der Waals surface area contributed by atoms with Crippen molar-refractivity contribution in [1.82, 2.24) is 14.6 Å². The third-order valence-electron chi connectivity index (χ3n) is 4.08. The van der Waals surface area contributed by atoms with Crippen LogP contribution >= 0.6 is 0 Å². The zero-order valence-corrected chi connectivity index (χ0v) is 12.6. The molecule has 3 heterocycles. The molecule has 0 unspecified atom stereocenters. The Hall–Kier alpha value is -2.69. The quantitative estimate of drug-likeness (QED) is 0.692. The molecule has 3 aromatic rings. The van der Waals surface area contributed by atoms with E-state index in [4.69, 9.17) is 0 Å². The summed E-state index contributed by atoms with van der Waals surface area (Å²) in [6.45, 7) is 4.57. The molecule has 0 bridgehead atoms. The van der Waals surface area contributed by atoms with Gasteiger partial charge in [-0.15, -0.1) is 0 Å². The molecule has 0 N–H and O–H groups in total. The van der Waals surface area contributed by atoms with Crippen LogP contribution in [-0.4, -0.2) is 27.0 Å². The van der Waals surface area contributed by atoms with E-state index in [2.05, 4.69) is 16.1 Å². The van der Waals surface area contributed by atoms with Gasteiger partial charge in [0.05, 0.1) is 5.69 Å². The van der Waals surface area contributed by atoms with Crippen molar-refractivity contribution in [2.24, 2.45) is 0 Å². The number of carbonyl (C=O) groups is 1. The highest BCUT2D eigenvalue weighted by atomic mass is 16.2. The van der Waals surface area contributed by atoms with E-state index in [1.165, 1.54) is 5.56 Å². The molecule has 0 atom stereocenters. The molecule has 1 aliphatic heterocycles. The summed E-state index contributed by atoms with van der Waals surface area (Å²) in [4.78, 5) is 19.1. The standard InChI is InChI=1S/C17H16N4O/c1-11-9-16-18-14(10-12(2)21(16)19-11)17(22)20-8-7-13-5-3-4-6-15(13)20/h3-6,9-10H,7-8H2,1-2H3. The number of anilines is 1. The minimum absolute atomic E-state index is 0.0468. The van der Waals surface area contributed by atoms with E-state index in [0.29, 0.717) is 17.9 Å². The van der Waals surface area contributed by atoms with E-state index in [1.807, 2.05) is 49.1 Å². The van der Waals surface area contributed by atoms with E-state index in [-0.39, 0.29) is 5.91 Å². The van der Waals surface area contributed by atoms with Crippen molar-refractivity contribution >= 4 is 17.2 Å². The largest absolute Gasteiger partial charge is 0.306 e. The zero-order valence-electron chi connectivity index (χ0n) is 12.6. The number of rotatable bonds is 1. The van der Waals surface area contributed by atoms with Gasteiger partial charge in [-0.2, -0.15) is 5.10 Å². The lowest BCUT2D eigenvalue weighted by Gasteiger charge is -2.17. The van der Waals surface area contributed by atoms with Crippen molar-refractivity contribution in [2.75, 3.05) is 11.4 Å². The lowest BCUT2D eigenvalue weighted by molar-refractivity contribution is 0.0984. The second kappa shape index (κ2) is 4.66. The van der Waals surface area contributed by atoms with Crippen molar-refractivity contribution < 1.29 is 4.79 Å². The van der Waals surface area contributed by atoms with Crippen LogP contribution in [0.1, 0.15) is 27.4 Å². The topological polar surface area (TPSA) is 50.5 Å². The summed E-state index contributed by atoms with van der Waals surface area (Å²) >= 11 is 0. The smallest absolute Gasteiger partial charge is 0.277 e. The number of benzene rings is 1. The number of carbonyl (C=O) groups excluding carboxylic acids is 1. The summed E-state index contributed by atoms with van der Waals surface area (Å²) in [5.41, 5.74) is 5.21. The Morgan fingerprint density at radius 1 is 1.18 bits per heavy atom. The molecule has 1 aliphatic rings. The average Bonchev–Trinajstić information content (AvgIpc) is 3.09. The Kier molecular flexibility index (Phi) is 2.76. The van der Waals surface area contributed by atoms with Crippen LogP contribution < -0.4 is 4.90 Å². The third-order valence-corrected chi connectivity index (χ3v) is 4.08. The van der Waals surface area contributed by atoms with Gasteiger partial charge in [0.2, 0.25) is 0 Å². The number of aromatic nitrogens is 3. The van der Waals surface area contributed by atoms with Gasteiger partial charge in [-0.25, -0.2) is 9.50 Å². The monoisotopic (exact) mass is 292 g/mol. The molecular weight excluding hydrogens is 276 g/mol. The van der Waals surface area contributed by atoms with Gasteiger partial charge in [-0.1, -0.05) is 18.2 Å². The molecular formula is C17H16N4O. The normalized spacial score (nSPS) is 13.6. The second-order valence-corrected chi connectivity index (χ2v) is 5.67. The first-order chi connectivity index (χ1) is 10.6. The summed E-state index contributed by atoms with van der Waals surface area (Å²) in [6, 6.07) is 11.7. The first kappa shape index (κ1) is 13.0. The summed E-state index contributed by atoms with van der Waals surface area (Å²) in [6.07, 6.45) is 0.898. The minimum Gasteiger partial charge on any atom is -0.306 e. The van der Waals surface area contributed by atoms with Crippen LogP contribution in [0.4, 0.5) is 5.69 Å². The van der Waals surface area contributed by atoms with E-state index in [9.17, 15) is 4.79 Å². The lowest BCUT2D eigenvalue weighted by Crippen LogP contribution is -2.30. The van der Waals surface area contributed by atoms with Crippen molar-refractivity contribution in [3.05, 3.63) is 59.0 Å². The van der Waals surface area contributed by atoms with E-state index < -0.39 is 0 Å². The first-order valence-corrected chi connectivity index (χ1v) is 7.37. The molecule has 5 heteroatoms. The molecule has 0 radical (unpaired) electrons. The van der Waals surface area contributed by atoms with Crippen LogP contribution in [0.15, 0.2) is 36.4 Å². The van der Waals surface area contributed by atoms with Crippen LogP contribution in [0.2, 0.25) is 0 Å². The van der Waals surface area contributed by atoms with Crippen molar-refractivity contribution in [3.63, 3.8) is 0 Å². The predicted molar refractivity (Wildman–Crippen MR) is 84.3 cm³/mol. The molecule has 0 saturated heterocycles. The molecule has 5 nitrogen and oxygen atoms in total. The van der Waals surface area contributed by atoms with Gasteiger partial charge in [0.15, 0.2) is 5.65 Å². The summed E-state index contributed by atoms with van der Waals surface area (Å²) in [5.74, 6) is -0.0468. The fraction of sp³-hybridized carbons (Fsp3) is 0.235. The Morgan fingerprint density at radius 2 is 2.00 bits per heavy atom. The highest BCUT2D eigenvalue weighted by Gasteiger charge is 2.26. The zero-order chi connectivity index (χ0) is 15.3. The molecule has 1 aromatic carbocycles. The first-order valence-electron chi connectivity index (χ1n) is 7.37. The summed E-state index contributed by atoms with van der Waals surface area (Å²) in [5, 5.41) is 4.38. The molecule has 4 rings (SSSR count). The van der Waals surface area contributed by atoms with Gasteiger partial charge in [-0.3, -0.25) is 4.79 Å². The molecule has 22 heavy (non-hydrogen) atoms. The highest BCUT2D eigenvalue weighted by Crippen LogP contribution is 2.28. The number of hydrogen-bond donors (Lipinski definition) is 0. The number of hydrogen-bond acceptors (Lipinski definition) is 3. The van der Waals surface area contributed by atoms with Crippen LogP contribution in [0.5, 0.6) is 0 Å². The number of amides is 1. The molecule has 110 valence electrons. The number of aryl methyl sites for hydroxylation is 2. The van der Waals surface area contributed by atoms with Gasteiger partial charge in [-0.05, 0) is 38.0 Å². The number of para-hydroxylation sites is 1. The Labute approximate surface area is 128 Å². The number of nitrogens with zero attached hydrogens (tertiary/aromatic N) is 4. The average molecular weight is 292 g/mol. The molecule has 1 amide bonds. The molecule has 0 saturated carbocycles. The minimum atomic E-state index is -0.0468. The second-order valence-electron chi connectivity index (χ2n) is 5.67. The van der Waals surface area contributed by atoms with E-state index >= 15 is 0 Å². The lowest BCUT2D eigenvalue weighted by atomic mass is 10.2. The fourth-order valence-electron chi connectivity index (χ4n) is 3.04. The van der Waals surface area contributed by atoms with Gasteiger partial charge < -0.3 is 4.90 Å². The predicted octanol–water partition coefficient (Wildman–Crippen LogP) is 2.55. The van der Waals surface area contributed by atoms with Gasteiger partial charge >= 0.3 is 0 Å². The van der Waals surface area contributed by atoms with E-state index in [0.717, 1.165) is 23.5 Å². The van der Waals surface area contributed by atoms with Gasteiger partial charge in [0, 0.05) is 24.0 Å². The van der Waals surface area contributed by atoms with E-state index in [1.54, 1.807) is 4.52 Å². The SMILES string of the molecule is Cc1cc2nc(C(=O)N3CCc4ccccc43)cc(C)n2n1. The Balaban J connectivity index is 1.78. The van der Waals surface area contributed by atoms with Crippen molar-refractivity contribution in [1.29, 1.82) is 0 Å². The van der Waals surface area contributed by atoms with Crippen molar-refractivity contribution in [2.45, 2.75) is 20.3 Å². The Morgan fingerprint density at radius 3 is 2.86 bits per heavy atom. The summed E-state index contributed by atoms with van der Waals surface area (Å²) < 4.78 is 1.77. The van der Waals surface area contributed by atoms with Gasteiger partial charge in [0.1, 0.15) is 5.69 Å². The van der Waals surface area contributed by atoms with Crippen LogP contribution in [-0.2, 0) is 6.42 Å². The fourth-order valence-corrected chi connectivity index (χ4v) is 3.04. The molecule has 0 spiro atoms. The van der Waals surface area contributed by atoms with Crippen molar-refractivity contribution in [3.8, 4) is 0 Å². The highest BCUT2D eigenvalue weighted by molar-refractivity contribution is 6.06. The van der Waals surface area contributed by atoms with Crippen LogP contribution in [0, 0.1) is 13.8 Å². The van der Waals surface area contributed by atoms with Crippen LogP contribution in [0.25, 0.3) is 5.65 Å². The van der Waals surface area contributed by atoms with Crippen LogP contribution in [0.3, 0.4) is 0 Å². The maximum atomic E-state index is 12.8. The maximum absolute atomic E-state index is 12.8. The molecule has 2 aromatic heterocycles. The number of fused-ring (bicyclic) bond motifs is 2. The third kappa shape index (κ3) is 1.89. The summed E-state index contributed by atoms with van der Waals surface area (Å²) in [7, 11) is 0. The maximum Gasteiger partial charge on any atom is 0.277 e. The molecule has 0 aliphatic carbocycles.